The molecule has 0 fully saturated rings. The average Bonchev–Trinajstić information content (AvgIpc) is 2.73. The van der Waals surface area contributed by atoms with Gasteiger partial charge in [0.25, 0.3) is 0 Å². The van der Waals surface area contributed by atoms with Crippen molar-refractivity contribution in [3.05, 3.63) is 90.2 Å². The van der Waals surface area contributed by atoms with E-state index in [9.17, 15) is 0 Å². The van der Waals surface area contributed by atoms with Crippen LogP contribution in [0.4, 0.5) is 0 Å². The lowest BCUT2D eigenvalue weighted by Crippen LogP contribution is -1.97. The van der Waals surface area contributed by atoms with Gasteiger partial charge in [-0.25, -0.2) is 4.98 Å². The summed E-state index contributed by atoms with van der Waals surface area (Å²) in [5, 5.41) is 5.01. The fraction of sp³-hybridized carbons (Fsp3) is 0. The van der Waals surface area contributed by atoms with E-state index in [1.54, 1.807) is 0 Å². The van der Waals surface area contributed by atoms with Gasteiger partial charge in [0.1, 0.15) is 0 Å². The zero-order valence-electron chi connectivity index (χ0n) is 14.3. The van der Waals surface area contributed by atoms with Crippen LogP contribution in [0.5, 0.6) is 0 Å². The summed E-state index contributed by atoms with van der Waals surface area (Å²) >= 11 is 6.18. The highest BCUT2D eigenvalue weighted by atomic mass is 35.5. The monoisotopic (exact) mass is 367 g/mol. The molecule has 3 nitrogen and oxygen atoms in total. The van der Waals surface area contributed by atoms with Crippen LogP contribution >= 0.6 is 11.6 Å². The van der Waals surface area contributed by atoms with E-state index in [-0.39, 0.29) is 5.28 Å². The number of halogens is 1. The van der Waals surface area contributed by atoms with Gasteiger partial charge in [0.15, 0.2) is 11.6 Å². The number of rotatable bonds is 2. The third-order valence-electron chi connectivity index (χ3n) is 4.64. The van der Waals surface area contributed by atoms with Gasteiger partial charge in [-0.2, -0.15) is 9.97 Å². The Labute approximate surface area is 161 Å². The highest BCUT2D eigenvalue weighted by Gasteiger charge is 2.10. The molecule has 0 saturated carbocycles. The number of hydrogen-bond acceptors (Lipinski definition) is 3. The summed E-state index contributed by atoms with van der Waals surface area (Å²) in [6, 6.07) is 28.7. The molecular weight excluding hydrogens is 354 g/mol. The largest absolute Gasteiger partial charge is 0.226 e. The molecule has 1 aromatic heterocycles. The van der Waals surface area contributed by atoms with Crippen LogP contribution in [0, 0.1) is 0 Å². The van der Waals surface area contributed by atoms with Gasteiger partial charge in [0.05, 0.1) is 0 Å². The highest BCUT2D eigenvalue weighted by molar-refractivity contribution is 6.28. The Morgan fingerprint density at radius 1 is 0.519 bits per heavy atom. The normalized spacial score (nSPS) is 11.1. The van der Waals surface area contributed by atoms with Crippen LogP contribution in [0.1, 0.15) is 0 Å². The minimum Gasteiger partial charge on any atom is -0.208 e. The molecule has 5 aromatic rings. The SMILES string of the molecule is Clc1nc(-c2ccccc2)nc(-c2ccc3c(ccc4ccccc43)c2)n1. The Morgan fingerprint density at radius 2 is 1.19 bits per heavy atom. The number of hydrogen-bond donors (Lipinski definition) is 0. The first-order valence-corrected chi connectivity index (χ1v) is 9.05. The van der Waals surface area contributed by atoms with E-state index in [2.05, 4.69) is 63.5 Å². The Balaban J connectivity index is 1.67. The summed E-state index contributed by atoms with van der Waals surface area (Å²) < 4.78 is 0. The summed E-state index contributed by atoms with van der Waals surface area (Å²) in [4.78, 5) is 13.3. The molecule has 0 amide bonds. The third kappa shape index (κ3) is 2.92. The molecule has 0 unspecified atom stereocenters. The van der Waals surface area contributed by atoms with E-state index in [0.717, 1.165) is 16.5 Å². The van der Waals surface area contributed by atoms with Crippen molar-refractivity contribution in [3.8, 4) is 22.8 Å². The average molecular weight is 368 g/mol. The number of aromatic nitrogens is 3. The number of nitrogens with zero attached hydrogens (tertiary/aromatic N) is 3. The fourth-order valence-corrected chi connectivity index (χ4v) is 3.51. The molecule has 0 spiro atoms. The van der Waals surface area contributed by atoms with Gasteiger partial charge >= 0.3 is 0 Å². The predicted octanol–water partition coefficient (Wildman–Crippen LogP) is 6.17. The molecule has 0 atom stereocenters. The third-order valence-corrected chi connectivity index (χ3v) is 4.81. The smallest absolute Gasteiger partial charge is 0.208 e. The summed E-state index contributed by atoms with van der Waals surface area (Å²) in [7, 11) is 0. The van der Waals surface area contributed by atoms with Crippen LogP contribution in [-0.4, -0.2) is 15.0 Å². The lowest BCUT2D eigenvalue weighted by Gasteiger charge is -2.08. The predicted molar refractivity (Wildman–Crippen MR) is 111 cm³/mol. The van der Waals surface area contributed by atoms with Gasteiger partial charge in [0.2, 0.25) is 5.28 Å². The summed E-state index contributed by atoms with van der Waals surface area (Å²) in [6.07, 6.45) is 0. The first-order valence-electron chi connectivity index (χ1n) is 8.67. The maximum Gasteiger partial charge on any atom is 0.226 e. The van der Waals surface area contributed by atoms with E-state index in [0.29, 0.717) is 11.6 Å². The lowest BCUT2D eigenvalue weighted by atomic mass is 10.00. The van der Waals surface area contributed by atoms with Crippen molar-refractivity contribution >= 4 is 33.1 Å². The molecule has 5 rings (SSSR count). The van der Waals surface area contributed by atoms with Crippen molar-refractivity contribution in [1.29, 1.82) is 0 Å². The standard InChI is InChI=1S/C23H14ClN3/c24-23-26-21(16-7-2-1-3-8-16)25-22(27-23)18-12-13-20-17(14-18)11-10-15-6-4-5-9-19(15)20/h1-14H. The van der Waals surface area contributed by atoms with Crippen LogP contribution in [-0.2, 0) is 0 Å². The van der Waals surface area contributed by atoms with Gasteiger partial charge in [-0.1, -0.05) is 78.9 Å². The molecule has 4 aromatic carbocycles. The van der Waals surface area contributed by atoms with E-state index in [1.807, 2.05) is 36.4 Å². The summed E-state index contributed by atoms with van der Waals surface area (Å²) in [6.45, 7) is 0. The molecule has 0 N–H and O–H groups in total. The molecule has 1 heterocycles. The molecule has 0 bridgehead atoms. The zero-order valence-corrected chi connectivity index (χ0v) is 15.1. The van der Waals surface area contributed by atoms with Crippen molar-refractivity contribution in [3.63, 3.8) is 0 Å². The second kappa shape index (κ2) is 6.45. The van der Waals surface area contributed by atoms with E-state index in [1.165, 1.54) is 16.2 Å². The zero-order chi connectivity index (χ0) is 18.2. The molecule has 0 radical (unpaired) electrons. The van der Waals surface area contributed by atoms with Crippen molar-refractivity contribution < 1.29 is 0 Å². The van der Waals surface area contributed by atoms with Crippen LogP contribution in [0.3, 0.4) is 0 Å². The van der Waals surface area contributed by atoms with Crippen LogP contribution in [0.15, 0.2) is 84.9 Å². The molecule has 0 aliphatic carbocycles. The minimum absolute atomic E-state index is 0.192. The summed E-state index contributed by atoms with van der Waals surface area (Å²) in [5.41, 5.74) is 1.83. The maximum atomic E-state index is 6.18. The van der Waals surface area contributed by atoms with Crippen molar-refractivity contribution in [2.45, 2.75) is 0 Å². The highest BCUT2D eigenvalue weighted by Crippen LogP contribution is 2.29. The maximum absolute atomic E-state index is 6.18. The van der Waals surface area contributed by atoms with E-state index < -0.39 is 0 Å². The molecule has 128 valence electrons. The Bertz CT molecular complexity index is 1280. The second-order valence-electron chi connectivity index (χ2n) is 6.34. The minimum atomic E-state index is 0.192. The second-order valence-corrected chi connectivity index (χ2v) is 6.68. The quantitative estimate of drug-likeness (QED) is 0.350. The van der Waals surface area contributed by atoms with E-state index >= 15 is 0 Å². The lowest BCUT2D eigenvalue weighted by molar-refractivity contribution is 1.07. The van der Waals surface area contributed by atoms with Crippen molar-refractivity contribution in [2.75, 3.05) is 0 Å². The van der Waals surface area contributed by atoms with Crippen LogP contribution < -0.4 is 0 Å². The Hall–Kier alpha value is -3.30. The van der Waals surface area contributed by atoms with Gasteiger partial charge in [-0.15, -0.1) is 0 Å². The molecular formula is C23H14ClN3. The molecule has 27 heavy (non-hydrogen) atoms. The summed E-state index contributed by atoms with van der Waals surface area (Å²) in [5.74, 6) is 1.15. The number of fused-ring (bicyclic) bond motifs is 3. The Morgan fingerprint density at radius 3 is 2.04 bits per heavy atom. The van der Waals surface area contributed by atoms with Crippen LogP contribution in [0.25, 0.3) is 44.3 Å². The van der Waals surface area contributed by atoms with Crippen LogP contribution in [0.2, 0.25) is 5.28 Å². The number of benzene rings is 4. The van der Waals surface area contributed by atoms with E-state index in [4.69, 9.17) is 11.6 Å². The topological polar surface area (TPSA) is 38.7 Å². The van der Waals surface area contributed by atoms with Gasteiger partial charge < -0.3 is 0 Å². The first kappa shape index (κ1) is 15.9. The molecule has 4 heteroatoms. The van der Waals surface area contributed by atoms with Crippen molar-refractivity contribution in [2.24, 2.45) is 0 Å². The fourth-order valence-electron chi connectivity index (χ4n) is 3.35. The molecule has 0 aliphatic heterocycles. The Kier molecular flexibility index (Phi) is 3.80. The first-order chi connectivity index (χ1) is 13.3. The van der Waals surface area contributed by atoms with Crippen molar-refractivity contribution in [1.82, 2.24) is 15.0 Å². The molecule has 0 saturated heterocycles. The molecule has 0 aliphatic rings. The van der Waals surface area contributed by atoms with Gasteiger partial charge in [-0.3, -0.25) is 0 Å². The van der Waals surface area contributed by atoms with Gasteiger partial charge in [-0.05, 0) is 39.2 Å². The van der Waals surface area contributed by atoms with Gasteiger partial charge in [0, 0.05) is 11.1 Å².